The number of rotatable bonds is 7. The summed E-state index contributed by atoms with van der Waals surface area (Å²) in [4.78, 5) is 12.9. The molecule has 1 aliphatic rings. The quantitative estimate of drug-likeness (QED) is 0.130. The molecule has 0 saturated carbocycles. The zero-order chi connectivity index (χ0) is 30.8. The molecule has 9 nitrogen and oxygen atoms in total. The maximum atomic E-state index is 13.8. The van der Waals surface area contributed by atoms with Crippen LogP contribution in [-0.2, 0) is 20.8 Å². The van der Waals surface area contributed by atoms with E-state index in [1.54, 1.807) is 68.4 Å². The van der Waals surface area contributed by atoms with Gasteiger partial charge in [0.1, 0.15) is 18.4 Å². The van der Waals surface area contributed by atoms with Crippen LogP contribution in [0.5, 0.6) is 5.75 Å². The van der Waals surface area contributed by atoms with Crippen LogP contribution in [0.25, 0.3) is 11.4 Å². The minimum Gasteiger partial charge on any atom is -0.497 e. The Hall–Kier alpha value is -3.06. The number of esters is 1. The van der Waals surface area contributed by atoms with Crippen molar-refractivity contribution in [2.75, 3.05) is 7.11 Å². The van der Waals surface area contributed by atoms with Crippen molar-refractivity contribution in [1.82, 2.24) is 14.8 Å². The van der Waals surface area contributed by atoms with Crippen LogP contribution >= 0.6 is 34.8 Å². The second-order valence-corrected chi connectivity index (χ2v) is 11.9. The van der Waals surface area contributed by atoms with Crippen molar-refractivity contribution in [3.8, 4) is 17.1 Å². The first-order valence-electron chi connectivity index (χ1n) is 12.6. The third-order valence-corrected chi connectivity index (χ3v) is 7.35. The van der Waals surface area contributed by atoms with E-state index in [9.17, 15) is 18.0 Å². The SMILES string of the molecule is COc1ccc(-c2nnc(C3OC(OC(=N)C(Cl)(Cl)Cl)C(OC(=O)c4ccccc4)[C@@H](C)[C@H]3C)n2CC(F)(F)F)cc1. The highest BCUT2D eigenvalue weighted by Crippen LogP contribution is 2.43. The standard InChI is InChI=1S/C27H26Cl3F3N4O5/c1-14-15(2)20(40-23(38)17-7-5-4-6-8-17)24(42-25(34)27(28,29)30)41-19(14)22-36-35-21(37(22)13-26(31,32)33)16-9-11-18(39-3)12-10-16/h4-12,14-15,19-20,24,34H,13H2,1-3H3/t14-,15+,19?,20?,24?/m1/s1. The number of nitrogens with one attached hydrogen (secondary N) is 1. The molecule has 3 unspecified atom stereocenters. The van der Waals surface area contributed by atoms with Gasteiger partial charge in [-0.15, -0.1) is 10.2 Å². The summed E-state index contributed by atoms with van der Waals surface area (Å²) in [6.45, 7) is 1.99. The fourth-order valence-corrected chi connectivity index (χ4v) is 4.62. The lowest BCUT2D eigenvalue weighted by Crippen LogP contribution is -2.51. The molecule has 5 atom stereocenters. The van der Waals surface area contributed by atoms with E-state index in [-0.39, 0.29) is 17.2 Å². The number of ether oxygens (including phenoxy) is 4. The molecule has 15 heteroatoms. The Morgan fingerprint density at radius 3 is 2.21 bits per heavy atom. The van der Waals surface area contributed by atoms with Gasteiger partial charge in [-0.05, 0) is 42.3 Å². The number of hydrogen-bond acceptors (Lipinski definition) is 8. The first kappa shape index (κ1) is 31.9. The number of halogens is 6. The Bertz CT molecular complexity index is 1400. The van der Waals surface area contributed by atoms with Gasteiger partial charge in [-0.25, -0.2) is 4.79 Å². The maximum absolute atomic E-state index is 13.8. The number of methoxy groups -OCH3 is 1. The van der Waals surface area contributed by atoms with E-state index in [2.05, 4.69) is 10.2 Å². The van der Waals surface area contributed by atoms with Crippen LogP contribution in [0, 0.1) is 17.2 Å². The predicted octanol–water partition coefficient (Wildman–Crippen LogP) is 6.78. The third-order valence-electron chi connectivity index (χ3n) is 6.84. The van der Waals surface area contributed by atoms with Gasteiger partial charge in [0.15, 0.2) is 17.8 Å². The topological polar surface area (TPSA) is 109 Å². The fourth-order valence-electron chi connectivity index (χ4n) is 4.49. The summed E-state index contributed by atoms with van der Waals surface area (Å²) in [6.07, 6.45) is -8.47. The molecule has 0 aliphatic carbocycles. The van der Waals surface area contributed by atoms with E-state index >= 15 is 0 Å². The molecule has 4 rings (SSSR count). The van der Waals surface area contributed by atoms with Crippen LogP contribution in [0.1, 0.15) is 36.1 Å². The highest BCUT2D eigenvalue weighted by atomic mass is 35.6. The molecule has 1 N–H and O–H groups in total. The van der Waals surface area contributed by atoms with Gasteiger partial charge in [-0.1, -0.05) is 66.8 Å². The molecule has 0 bridgehead atoms. The molecule has 0 spiro atoms. The van der Waals surface area contributed by atoms with E-state index in [4.69, 9.17) is 59.2 Å². The summed E-state index contributed by atoms with van der Waals surface area (Å²) in [6, 6.07) is 14.4. The number of alkyl halides is 6. The van der Waals surface area contributed by atoms with Gasteiger partial charge < -0.3 is 18.9 Å². The second kappa shape index (κ2) is 12.7. The van der Waals surface area contributed by atoms with E-state index in [1.807, 2.05) is 0 Å². The molecule has 2 aromatic carbocycles. The normalized spacial score (nSPS) is 22.8. The van der Waals surface area contributed by atoms with Gasteiger partial charge in [0.25, 0.3) is 3.79 Å². The predicted molar refractivity (Wildman–Crippen MR) is 149 cm³/mol. The number of carbonyl (C=O) groups excluding carboxylic acids is 1. The Morgan fingerprint density at radius 2 is 1.64 bits per heavy atom. The summed E-state index contributed by atoms with van der Waals surface area (Å²) in [7, 11) is 1.47. The molecule has 3 aromatic rings. The van der Waals surface area contributed by atoms with Crippen LogP contribution in [-0.4, -0.2) is 56.1 Å². The minimum atomic E-state index is -4.64. The lowest BCUT2D eigenvalue weighted by molar-refractivity contribution is -0.248. The largest absolute Gasteiger partial charge is 0.497 e. The molecule has 1 saturated heterocycles. The van der Waals surface area contributed by atoms with Crippen LogP contribution in [0.3, 0.4) is 0 Å². The van der Waals surface area contributed by atoms with Crippen LogP contribution in [0.2, 0.25) is 0 Å². The first-order chi connectivity index (χ1) is 19.7. The summed E-state index contributed by atoms with van der Waals surface area (Å²) < 4.78 is 62.5. The summed E-state index contributed by atoms with van der Waals surface area (Å²) in [5.74, 6) is -2.43. The Morgan fingerprint density at radius 1 is 1.00 bits per heavy atom. The van der Waals surface area contributed by atoms with Gasteiger partial charge in [0, 0.05) is 11.5 Å². The fraction of sp³-hybridized carbons (Fsp3) is 0.407. The smallest absolute Gasteiger partial charge is 0.406 e. The van der Waals surface area contributed by atoms with E-state index in [0.717, 1.165) is 4.57 Å². The van der Waals surface area contributed by atoms with Crippen molar-refractivity contribution in [2.24, 2.45) is 11.8 Å². The highest BCUT2D eigenvalue weighted by Gasteiger charge is 2.49. The molecule has 2 heterocycles. The molecule has 42 heavy (non-hydrogen) atoms. The van der Waals surface area contributed by atoms with Gasteiger partial charge in [-0.3, -0.25) is 9.98 Å². The maximum Gasteiger partial charge on any atom is 0.406 e. The lowest BCUT2D eigenvalue weighted by atomic mass is 9.83. The van der Waals surface area contributed by atoms with Crippen molar-refractivity contribution in [3.05, 3.63) is 66.0 Å². The molecule has 0 radical (unpaired) electrons. The first-order valence-corrected chi connectivity index (χ1v) is 13.7. The minimum absolute atomic E-state index is 0.0578. The van der Waals surface area contributed by atoms with Crippen molar-refractivity contribution in [3.63, 3.8) is 0 Å². The molecule has 1 fully saturated rings. The molecule has 1 aliphatic heterocycles. The zero-order valence-corrected chi connectivity index (χ0v) is 24.7. The number of nitrogens with zero attached hydrogens (tertiary/aromatic N) is 3. The lowest BCUT2D eigenvalue weighted by Gasteiger charge is -2.43. The average Bonchev–Trinajstić information content (AvgIpc) is 3.33. The number of hydrogen-bond donors (Lipinski definition) is 1. The highest BCUT2D eigenvalue weighted by molar-refractivity contribution is 6.76. The van der Waals surface area contributed by atoms with E-state index < -0.39 is 58.7 Å². The summed E-state index contributed by atoms with van der Waals surface area (Å²) in [5.41, 5.74) is 0.597. The molecular weight excluding hydrogens is 624 g/mol. The number of aromatic nitrogens is 3. The van der Waals surface area contributed by atoms with Crippen molar-refractivity contribution in [2.45, 2.75) is 48.9 Å². The Kier molecular flexibility index (Phi) is 9.61. The van der Waals surface area contributed by atoms with Crippen LogP contribution in [0.15, 0.2) is 54.6 Å². The van der Waals surface area contributed by atoms with Crippen LogP contribution < -0.4 is 4.74 Å². The molecular formula is C27H26Cl3F3N4O5. The van der Waals surface area contributed by atoms with Gasteiger partial charge in [0.2, 0.25) is 12.2 Å². The summed E-state index contributed by atoms with van der Waals surface area (Å²) >= 11 is 17.5. The van der Waals surface area contributed by atoms with Gasteiger partial charge in [-0.2, -0.15) is 13.2 Å². The van der Waals surface area contributed by atoms with E-state index in [0.29, 0.717) is 11.3 Å². The van der Waals surface area contributed by atoms with Crippen molar-refractivity contribution < 1.29 is 36.9 Å². The average molecular weight is 650 g/mol. The number of carbonyl (C=O) groups is 1. The monoisotopic (exact) mass is 648 g/mol. The molecule has 226 valence electrons. The van der Waals surface area contributed by atoms with Crippen molar-refractivity contribution in [1.29, 1.82) is 5.41 Å². The molecule has 0 amide bonds. The second-order valence-electron chi connectivity index (χ2n) is 9.64. The Balaban J connectivity index is 1.73. The Labute approximate surface area is 254 Å². The summed E-state index contributed by atoms with van der Waals surface area (Å²) in [5, 5.41) is 16.2. The molecule has 1 aromatic heterocycles. The van der Waals surface area contributed by atoms with Crippen LogP contribution in [0.4, 0.5) is 13.2 Å². The van der Waals surface area contributed by atoms with E-state index in [1.165, 1.54) is 7.11 Å². The van der Waals surface area contributed by atoms with Crippen molar-refractivity contribution >= 4 is 46.7 Å². The van der Waals surface area contributed by atoms with Gasteiger partial charge in [0.05, 0.1) is 12.7 Å². The van der Waals surface area contributed by atoms with Gasteiger partial charge >= 0.3 is 12.1 Å². The third kappa shape index (κ3) is 7.28. The number of benzene rings is 2. The zero-order valence-electron chi connectivity index (χ0n) is 22.4.